The number of alkyl halides is 3. The maximum absolute atomic E-state index is 12.7. The lowest BCUT2D eigenvalue weighted by Gasteiger charge is -2.27. The average Bonchev–Trinajstić information content (AvgIpc) is 2.80. The number of carbonyl (C=O) groups is 1. The minimum Gasteiger partial charge on any atom is -0.341 e. The molecule has 3 aromatic rings. The summed E-state index contributed by atoms with van der Waals surface area (Å²) in [6.45, 7) is 3.84. The predicted molar refractivity (Wildman–Crippen MR) is 122 cm³/mol. The van der Waals surface area contributed by atoms with Crippen LogP contribution in [0.15, 0.2) is 54.6 Å². The molecule has 6 nitrogen and oxygen atoms in total. The Kier molecular flexibility index (Phi) is 6.48. The highest BCUT2D eigenvalue weighted by molar-refractivity contribution is 6.04. The molecule has 1 amide bonds. The predicted octanol–water partition coefficient (Wildman–Crippen LogP) is 5.79. The van der Waals surface area contributed by atoms with Gasteiger partial charge in [-0.05, 0) is 74.7 Å². The lowest BCUT2D eigenvalue weighted by Crippen LogP contribution is -2.31. The number of aryl methyl sites for hydroxylation is 1. The van der Waals surface area contributed by atoms with E-state index in [2.05, 4.69) is 25.5 Å². The molecule has 172 valence electrons. The summed E-state index contributed by atoms with van der Waals surface area (Å²) in [4.78, 5) is 23.7. The Morgan fingerprint density at radius 2 is 1.55 bits per heavy atom. The molecule has 0 spiro atoms. The number of anilines is 4. The molecular weight excluding hydrogens is 431 g/mol. The van der Waals surface area contributed by atoms with E-state index in [9.17, 15) is 18.0 Å². The molecule has 1 fully saturated rings. The second-order valence-corrected chi connectivity index (χ2v) is 7.97. The second kappa shape index (κ2) is 9.48. The van der Waals surface area contributed by atoms with E-state index < -0.39 is 17.6 Å². The highest BCUT2D eigenvalue weighted by Crippen LogP contribution is 2.29. The molecule has 33 heavy (non-hydrogen) atoms. The van der Waals surface area contributed by atoms with E-state index in [1.54, 1.807) is 24.3 Å². The molecule has 1 aliphatic heterocycles. The average molecular weight is 455 g/mol. The van der Waals surface area contributed by atoms with Crippen molar-refractivity contribution in [1.82, 2.24) is 9.97 Å². The number of carbonyl (C=O) groups excluding carboxylic acids is 1. The van der Waals surface area contributed by atoms with Crippen LogP contribution in [0.4, 0.5) is 36.3 Å². The van der Waals surface area contributed by atoms with E-state index >= 15 is 0 Å². The van der Waals surface area contributed by atoms with Crippen molar-refractivity contribution in [3.63, 3.8) is 0 Å². The third-order valence-electron chi connectivity index (χ3n) is 5.37. The molecule has 0 radical (unpaired) electrons. The van der Waals surface area contributed by atoms with E-state index in [1.165, 1.54) is 6.42 Å². The zero-order valence-corrected chi connectivity index (χ0v) is 18.1. The maximum atomic E-state index is 12.7. The first-order chi connectivity index (χ1) is 15.8. The van der Waals surface area contributed by atoms with Crippen molar-refractivity contribution in [3.05, 3.63) is 71.4 Å². The third kappa shape index (κ3) is 5.79. The van der Waals surface area contributed by atoms with Crippen molar-refractivity contribution < 1.29 is 18.0 Å². The van der Waals surface area contributed by atoms with Crippen LogP contribution < -0.4 is 15.5 Å². The Labute approximate surface area is 189 Å². The summed E-state index contributed by atoms with van der Waals surface area (Å²) in [5.74, 6) is 0.921. The van der Waals surface area contributed by atoms with Crippen LogP contribution >= 0.6 is 0 Å². The fraction of sp³-hybridized carbons (Fsp3) is 0.292. The SMILES string of the molecule is Cc1cc(Nc2ccc(NC(=O)c3ccc(C(F)(F)F)cc3)cc2)nc(N2CCCCC2)n1. The standard InChI is InChI=1S/C24H24F3N5O/c1-16-15-21(31-23(28-16)32-13-3-2-4-14-32)29-19-9-11-20(12-10-19)30-22(33)17-5-7-18(8-6-17)24(25,26)27/h5-12,15H,2-4,13-14H2,1H3,(H,30,33)(H,28,29,31). The number of amides is 1. The summed E-state index contributed by atoms with van der Waals surface area (Å²) < 4.78 is 38.1. The van der Waals surface area contributed by atoms with Gasteiger partial charge in [0.1, 0.15) is 5.82 Å². The number of halogens is 3. The maximum Gasteiger partial charge on any atom is 0.416 e. The van der Waals surface area contributed by atoms with Crippen molar-refractivity contribution in [1.29, 1.82) is 0 Å². The van der Waals surface area contributed by atoms with Gasteiger partial charge in [-0.3, -0.25) is 4.79 Å². The minimum absolute atomic E-state index is 0.145. The Hall–Kier alpha value is -3.62. The first kappa shape index (κ1) is 22.6. The van der Waals surface area contributed by atoms with Gasteiger partial charge >= 0.3 is 6.18 Å². The smallest absolute Gasteiger partial charge is 0.341 e. The number of rotatable bonds is 5. The van der Waals surface area contributed by atoms with Crippen LogP contribution in [0.2, 0.25) is 0 Å². The molecule has 2 heterocycles. The molecule has 9 heteroatoms. The van der Waals surface area contributed by atoms with Gasteiger partial charge in [0.15, 0.2) is 0 Å². The molecule has 0 aliphatic carbocycles. The highest BCUT2D eigenvalue weighted by Gasteiger charge is 2.30. The number of nitrogens with one attached hydrogen (secondary N) is 2. The van der Waals surface area contributed by atoms with Gasteiger partial charge in [-0.15, -0.1) is 0 Å². The number of hydrogen-bond donors (Lipinski definition) is 2. The van der Waals surface area contributed by atoms with E-state index in [0.717, 1.165) is 67.5 Å². The lowest BCUT2D eigenvalue weighted by molar-refractivity contribution is -0.137. The molecule has 0 bridgehead atoms. The molecule has 2 N–H and O–H groups in total. The molecule has 0 unspecified atom stereocenters. The Morgan fingerprint density at radius 1 is 0.909 bits per heavy atom. The minimum atomic E-state index is -4.44. The summed E-state index contributed by atoms with van der Waals surface area (Å²) in [7, 11) is 0. The molecule has 1 saturated heterocycles. The number of benzene rings is 2. The second-order valence-electron chi connectivity index (χ2n) is 7.97. The first-order valence-electron chi connectivity index (χ1n) is 10.7. The zero-order valence-electron chi connectivity index (χ0n) is 18.1. The van der Waals surface area contributed by atoms with Gasteiger partial charge in [0, 0.05) is 41.8 Å². The molecule has 0 atom stereocenters. The van der Waals surface area contributed by atoms with Crippen molar-refractivity contribution in [2.24, 2.45) is 0 Å². The quantitative estimate of drug-likeness (QED) is 0.510. The van der Waals surface area contributed by atoms with Crippen LogP contribution in [0.25, 0.3) is 0 Å². The van der Waals surface area contributed by atoms with Gasteiger partial charge in [-0.2, -0.15) is 18.2 Å². The monoisotopic (exact) mass is 455 g/mol. The summed E-state index contributed by atoms with van der Waals surface area (Å²) in [6, 6.07) is 13.0. The van der Waals surface area contributed by atoms with Gasteiger partial charge in [0.05, 0.1) is 5.56 Å². The summed E-state index contributed by atoms with van der Waals surface area (Å²) in [6.07, 6.45) is -0.927. The fourth-order valence-electron chi connectivity index (χ4n) is 3.65. The molecule has 2 aromatic carbocycles. The Balaban J connectivity index is 1.40. The summed E-state index contributed by atoms with van der Waals surface area (Å²) in [5.41, 5.74) is 1.53. The van der Waals surface area contributed by atoms with E-state index in [0.29, 0.717) is 11.5 Å². The van der Waals surface area contributed by atoms with E-state index in [4.69, 9.17) is 0 Å². The zero-order chi connectivity index (χ0) is 23.4. The number of hydrogen-bond acceptors (Lipinski definition) is 5. The molecule has 4 rings (SSSR count). The fourth-order valence-corrected chi connectivity index (χ4v) is 3.65. The van der Waals surface area contributed by atoms with Crippen LogP contribution in [0.5, 0.6) is 0 Å². The third-order valence-corrected chi connectivity index (χ3v) is 5.37. The van der Waals surface area contributed by atoms with Gasteiger partial charge in [-0.25, -0.2) is 4.98 Å². The Morgan fingerprint density at radius 3 is 2.18 bits per heavy atom. The van der Waals surface area contributed by atoms with Crippen LogP contribution in [-0.4, -0.2) is 29.0 Å². The number of aromatic nitrogens is 2. The molecule has 1 aliphatic rings. The van der Waals surface area contributed by atoms with E-state index in [-0.39, 0.29) is 5.56 Å². The summed E-state index contributed by atoms with van der Waals surface area (Å²) in [5, 5.41) is 5.95. The van der Waals surface area contributed by atoms with Crippen LogP contribution in [0, 0.1) is 6.92 Å². The van der Waals surface area contributed by atoms with Gasteiger partial charge < -0.3 is 15.5 Å². The van der Waals surface area contributed by atoms with Gasteiger partial charge in [0.2, 0.25) is 5.95 Å². The molecular formula is C24H24F3N5O. The number of nitrogens with zero attached hydrogens (tertiary/aromatic N) is 3. The van der Waals surface area contributed by atoms with Crippen LogP contribution in [-0.2, 0) is 6.18 Å². The topological polar surface area (TPSA) is 70.2 Å². The van der Waals surface area contributed by atoms with Crippen molar-refractivity contribution >= 4 is 29.0 Å². The number of piperidine rings is 1. The van der Waals surface area contributed by atoms with Crippen LogP contribution in [0.3, 0.4) is 0 Å². The van der Waals surface area contributed by atoms with Gasteiger partial charge in [0.25, 0.3) is 5.91 Å². The van der Waals surface area contributed by atoms with E-state index in [1.807, 2.05) is 13.0 Å². The largest absolute Gasteiger partial charge is 0.416 e. The van der Waals surface area contributed by atoms with Crippen LogP contribution in [0.1, 0.15) is 40.9 Å². The van der Waals surface area contributed by atoms with Gasteiger partial charge in [-0.1, -0.05) is 0 Å². The first-order valence-corrected chi connectivity index (χ1v) is 10.7. The van der Waals surface area contributed by atoms with Crippen molar-refractivity contribution in [2.75, 3.05) is 28.6 Å². The Bertz CT molecular complexity index is 1110. The summed E-state index contributed by atoms with van der Waals surface area (Å²) >= 11 is 0. The van der Waals surface area contributed by atoms with Crippen molar-refractivity contribution in [3.8, 4) is 0 Å². The normalized spacial score (nSPS) is 14.1. The highest BCUT2D eigenvalue weighted by atomic mass is 19.4. The molecule has 0 saturated carbocycles. The molecule has 1 aromatic heterocycles. The van der Waals surface area contributed by atoms with Crippen molar-refractivity contribution in [2.45, 2.75) is 32.4 Å². The lowest BCUT2D eigenvalue weighted by atomic mass is 10.1.